The zero-order chi connectivity index (χ0) is 13.6. The highest BCUT2D eigenvalue weighted by Gasteiger charge is 2.31. The van der Waals surface area contributed by atoms with Crippen LogP contribution < -0.4 is 0 Å². The third-order valence-corrected chi connectivity index (χ3v) is 4.45. The molecule has 0 bridgehead atoms. The number of thioether (sulfide) groups is 1. The van der Waals surface area contributed by atoms with Gasteiger partial charge in [-0.15, -0.1) is 11.8 Å². The van der Waals surface area contributed by atoms with Gasteiger partial charge in [0.25, 0.3) is 0 Å². The van der Waals surface area contributed by atoms with Crippen LogP contribution in [-0.2, 0) is 4.55 Å². The Morgan fingerprint density at radius 1 is 1.05 bits per heavy atom. The minimum absolute atomic E-state index is 0.353. The van der Waals surface area contributed by atoms with Gasteiger partial charge in [0.1, 0.15) is 5.82 Å². The Labute approximate surface area is 120 Å². The molecule has 6 radical (unpaired) electrons. The van der Waals surface area contributed by atoms with E-state index in [2.05, 4.69) is 0 Å². The van der Waals surface area contributed by atoms with E-state index >= 15 is 0 Å². The first-order chi connectivity index (χ1) is 8.99. The fourth-order valence-corrected chi connectivity index (χ4v) is 3.48. The quantitative estimate of drug-likeness (QED) is 0.656. The molecule has 1 unspecified atom stereocenters. The van der Waals surface area contributed by atoms with Gasteiger partial charge in [0.05, 0.1) is 23.5 Å². The zero-order valence-corrected chi connectivity index (χ0v) is 11.0. The molecular formula is C14H8B3FS. The molecule has 1 aliphatic rings. The smallest absolute Gasteiger partial charge is 0.123 e. The highest BCUT2D eigenvalue weighted by Crippen LogP contribution is 2.46. The van der Waals surface area contributed by atoms with E-state index in [1.165, 1.54) is 23.9 Å². The van der Waals surface area contributed by atoms with Gasteiger partial charge in [0.2, 0.25) is 0 Å². The van der Waals surface area contributed by atoms with Crippen LogP contribution in [0.5, 0.6) is 0 Å². The molecule has 2 aromatic carbocycles. The molecule has 1 aliphatic heterocycles. The molecule has 0 aliphatic carbocycles. The lowest BCUT2D eigenvalue weighted by Gasteiger charge is -2.26. The molecule has 0 spiro atoms. The lowest BCUT2D eigenvalue weighted by molar-refractivity contribution is 0.625. The summed E-state index contributed by atoms with van der Waals surface area (Å²) in [7, 11) is 18.6. The van der Waals surface area contributed by atoms with E-state index < -0.39 is 4.55 Å². The van der Waals surface area contributed by atoms with Crippen LogP contribution in [-0.4, -0.2) is 23.5 Å². The Morgan fingerprint density at radius 3 is 2.58 bits per heavy atom. The molecule has 19 heavy (non-hydrogen) atoms. The third kappa shape index (κ3) is 2.14. The van der Waals surface area contributed by atoms with E-state index in [0.29, 0.717) is 5.56 Å². The first-order valence-electron chi connectivity index (χ1n) is 5.90. The summed E-state index contributed by atoms with van der Waals surface area (Å²) in [6.45, 7) is 0. The van der Waals surface area contributed by atoms with Crippen LogP contribution in [0.3, 0.4) is 0 Å². The predicted octanol–water partition coefficient (Wildman–Crippen LogP) is 2.64. The SMILES string of the molecule is [B]C1c2ccccc2SC([B])([B])c2cc(F)ccc21. The van der Waals surface area contributed by atoms with Crippen molar-refractivity contribution in [2.75, 3.05) is 0 Å². The Morgan fingerprint density at radius 2 is 1.79 bits per heavy atom. The molecule has 0 aromatic heterocycles. The van der Waals surface area contributed by atoms with Crippen molar-refractivity contribution in [3.63, 3.8) is 0 Å². The summed E-state index contributed by atoms with van der Waals surface area (Å²) >= 11 is 1.30. The van der Waals surface area contributed by atoms with Crippen molar-refractivity contribution in [3.05, 3.63) is 65.0 Å². The summed E-state index contributed by atoms with van der Waals surface area (Å²) in [6.07, 6.45) is 0. The molecule has 0 saturated carbocycles. The fraction of sp³-hybridized carbons (Fsp3) is 0.143. The van der Waals surface area contributed by atoms with Crippen LogP contribution >= 0.6 is 11.8 Å². The largest absolute Gasteiger partial charge is 0.207 e. The highest BCUT2D eigenvalue weighted by molar-refractivity contribution is 8.02. The minimum Gasteiger partial charge on any atom is -0.207 e. The maximum Gasteiger partial charge on any atom is 0.123 e. The summed E-state index contributed by atoms with van der Waals surface area (Å²) in [4.78, 5) is 0.927. The molecule has 0 fully saturated rings. The lowest BCUT2D eigenvalue weighted by atomic mass is 9.61. The lowest BCUT2D eigenvalue weighted by Crippen LogP contribution is -2.23. The molecule has 0 nitrogen and oxygen atoms in total. The molecule has 2 aromatic rings. The number of hydrogen-bond donors (Lipinski definition) is 0. The Kier molecular flexibility index (Phi) is 3.05. The van der Waals surface area contributed by atoms with Crippen molar-refractivity contribution in [2.24, 2.45) is 0 Å². The van der Waals surface area contributed by atoms with Crippen LogP contribution in [0.1, 0.15) is 22.5 Å². The van der Waals surface area contributed by atoms with Crippen LogP contribution in [0, 0.1) is 5.82 Å². The second-order valence-electron chi connectivity index (χ2n) is 4.64. The van der Waals surface area contributed by atoms with Gasteiger partial charge in [0, 0.05) is 4.90 Å². The number of hydrogen-bond acceptors (Lipinski definition) is 1. The van der Waals surface area contributed by atoms with E-state index in [1.54, 1.807) is 6.07 Å². The van der Waals surface area contributed by atoms with Crippen LogP contribution in [0.25, 0.3) is 0 Å². The number of rotatable bonds is 0. The minimum atomic E-state index is -1.19. The number of benzene rings is 2. The fourth-order valence-electron chi connectivity index (χ4n) is 2.37. The average Bonchev–Trinajstić information content (AvgIpc) is 2.45. The van der Waals surface area contributed by atoms with Crippen molar-refractivity contribution in [1.82, 2.24) is 0 Å². The Hall–Kier alpha value is -1.09. The van der Waals surface area contributed by atoms with Crippen LogP contribution in [0.15, 0.2) is 47.4 Å². The molecule has 0 amide bonds. The van der Waals surface area contributed by atoms with Crippen LogP contribution in [0.2, 0.25) is 0 Å². The van der Waals surface area contributed by atoms with Crippen LogP contribution in [0.4, 0.5) is 4.39 Å². The predicted molar refractivity (Wildman–Crippen MR) is 79.5 cm³/mol. The zero-order valence-electron chi connectivity index (χ0n) is 10.1. The first kappa shape index (κ1) is 12.9. The molecule has 0 N–H and O–H groups in total. The van der Waals surface area contributed by atoms with E-state index in [4.69, 9.17) is 23.5 Å². The van der Waals surface area contributed by atoms with Crippen molar-refractivity contribution in [3.8, 4) is 0 Å². The topological polar surface area (TPSA) is 0 Å². The van der Waals surface area contributed by atoms with Gasteiger partial charge in [-0.25, -0.2) is 4.39 Å². The van der Waals surface area contributed by atoms with Gasteiger partial charge >= 0.3 is 0 Å². The van der Waals surface area contributed by atoms with Gasteiger partial charge in [-0.1, -0.05) is 24.3 Å². The third-order valence-electron chi connectivity index (χ3n) is 3.30. The summed E-state index contributed by atoms with van der Waals surface area (Å²) < 4.78 is 12.3. The van der Waals surface area contributed by atoms with E-state index in [-0.39, 0.29) is 11.6 Å². The molecule has 1 atom stereocenters. The molecule has 3 rings (SSSR count). The summed E-state index contributed by atoms with van der Waals surface area (Å²) in [5, 5.41) is 0. The monoisotopic (exact) mass is 260 g/mol. The van der Waals surface area contributed by atoms with Crippen molar-refractivity contribution < 1.29 is 4.39 Å². The summed E-state index contributed by atoms with van der Waals surface area (Å²) in [5.41, 5.74) is 2.27. The van der Waals surface area contributed by atoms with E-state index in [1.807, 2.05) is 24.3 Å². The second-order valence-corrected chi connectivity index (χ2v) is 5.96. The van der Waals surface area contributed by atoms with Gasteiger partial charge in [-0.05, 0) is 45.3 Å². The van der Waals surface area contributed by atoms with E-state index in [9.17, 15) is 4.39 Å². The summed E-state index contributed by atoms with van der Waals surface area (Å²) in [5.74, 6) is -0.717. The van der Waals surface area contributed by atoms with Crippen molar-refractivity contribution >= 4 is 35.3 Å². The standard InChI is InChI=1S/C14H8B3FS/c15-13-9-6-5-8(18)7-11(9)14(16,17)19-12-4-2-1-3-10(12)13/h1-7,13H. The van der Waals surface area contributed by atoms with E-state index in [0.717, 1.165) is 16.0 Å². The van der Waals surface area contributed by atoms with Gasteiger partial charge < -0.3 is 0 Å². The summed E-state index contributed by atoms with van der Waals surface area (Å²) in [6, 6.07) is 12.1. The maximum atomic E-state index is 13.5. The van der Waals surface area contributed by atoms with Gasteiger partial charge in [0.15, 0.2) is 0 Å². The molecular weight excluding hydrogens is 252 g/mol. The molecule has 86 valence electrons. The second kappa shape index (κ2) is 4.48. The Balaban J connectivity index is 2.28. The number of fused-ring (bicyclic) bond motifs is 2. The van der Waals surface area contributed by atoms with Gasteiger partial charge in [-0.3, -0.25) is 0 Å². The molecule has 5 heteroatoms. The normalized spacial score (nSPS) is 20.2. The Bertz CT molecular complexity index is 642. The highest BCUT2D eigenvalue weighted by atomic mass is 32.2. The molecule has 1 heterocycles. The first-order valence-corrected chi connectivity index (χ1v) is 6.72. The number of halogens is 1. The van der Waals surface area contributed by atoms with Crippen molar-refractivity contribution in [1.29, 1.82) is 0 Å². The average molecular weight is 260 g/mol. The van der Waals surface area contributed by atoms with Gasteiger partial charge in [-0.2, -0.15) is 0 Å². The van der Waals surface area contributed by atoms with Crippen molar-refractivity contribution in [2.45, 2.75) is 15.3 Å². The molecule has 0 saturated heterocycles. The maximum absolute atomic E-state index is 13.5.